The van der Waals surface area contributed by atoms with Gasteiger partial charge in [0.25, 0.3) is 10.0 Å². The molecule has 0 saturated heterocycles. The number of rotatable bonds is 11. The van der Waals surface area contributed by atoms with Gasteiger partial charge >= 0.3 is 0 Å². The number of nitrogens with one attached hydrogen (secondary N) is 1. The summed E-state index contributed by atoms with van der Waals surface area (Å²) in [6.45, 7) is 5.18. The molecule has 6 heteroatoms. The first-order chi connectivity index (χ1) is 17.9. The number of benzene rings is 3. The van der Waals surface area contributed by atoms with Crippen LogP contribution in [0.1, 0.15) is 61.6 Å². The molecule has 0 saturated carbocycles. The third kappa shape index (κ3) is 6.98. The lowest BCUT2D eigenvalue weighted by atomic mass is 9.83. The molecule has 0 amide bonds. The number of pyridine rings is 1. The molecule has 2 unspecified atom stereocenters. The molecule has 2 atom stereocenters. The topological polar surface area (TPSA) is 70.3 Å². The Morgan fingerprint density at radius 1 is 0.757 bits per heavy atom. The zero-order valence-electron chi connectivity index (χ0n) is 21.4. The summed E-state index contributed by atoms with van der Waals surface area (Å²) in [7, 11) is -3.70. The first-order valence-corrected chi connectivity index (χ1v) is 14.3. The third-order valence-corrected chi connectivity index (χ3v) is 8.33. The maximum Gasteiger partial charge on any atom is 0.261 e. The summed E-state index contributed by atoms with van der Waals surface area (Å²) in [5.74, 6) is 1.14. The van der Waals surface area contributed by atoms with Crippen molar-refractivity contribution in [3.8, 4) is 5.75 Å². The number of aromatic hydroxyl groups is 1. The predicted molar refractivity (Wildman–Crippen MR) is 148 cm³/mol. The van der Waals surface area contributed by atoms with Crippen LogP contribution in [-0.2, 0) is 16.6 Å². The molecule has 0 radical (unpaired) electrons. The molecule has 0 aliphatic carbocycles. The first kappa shape index (κ1) is 26.4. The van der Waals surface area contributed by atoms with Crippen molar-refractivity contribution in [2.75, 3.05) is 4.72 Å². The van der Waals surface area contributed by atoms with Gasteiger partial charge in [0.2, 0.25) is 0 Å². The van der Waals surface area contributed by atoms with E-state index in [0.717, 1.165) is 24.8 Å². The van der Waals surface area contributed by atoms with E-state index in [1.807, 2.05) is 12.1 Å². The number of sulfonamides is 1. The molecular formula is C31H35N2O3S+. The van der Waals surface area contributed by atoms with Crippen molar-refractivity contribution in [3.63, 3.8) is 0 Å². The molecule has 0 fully saturated rings. The number of aromatic nitrogens is 1. The number of phenolic OH excluding ortho intramolecular Hbond substituents is 1. The highest BCUT2D eigenvalue weighted by Gasteiger charge is 2.19. The van der Waals surface area contributed by atoms with E-state index < -0.39 is 10.0 Å². The minimum Gasteiger partial charge on any atom is -0.508 e. The molecule has 4 rings (SSSR count). The third-order valence-electron chi connectivity index (χ3n) is 6.93. The van der Waals surface area contributed by atoms with Gasteiger partial charge in [0.05, 0.1) is 4.90 Å². The normalized spacial score (nSPS) is 13.1. The van der Waals surface area contributed by atoms with Crippen LogP contribution in [0, 0.1) is 0 Å². The monoisotopic (exact) mass is 515 g/mol. The van der Waals surface area contributed by atoms with Crippen molar-refractivity contribution in [2.24, 2.45) is 0 Å². The Bertz CT molecular complexity index is 1370. The molecule has 5 nitrogen and oxygen atoms in total. The average molecular weight is 516 g/mol. The van der Waals surface area contributed by atoms with Gasteiger partial charge in [-0.3, -0.25) is 4.72 Å². The second-order valence-corrected chi connectivity index (χ2v) is 11.1. The summed E-state index contributed by atoms with van der Waals surface area (Å²) >= 11 is 0. The lowest BCUT2D eigenvalue weighted by Gasteiger charge is -2.22. The molecule has 37 heavy (non-hydrogen) atoms. The van der Waals surface area contributed by atoms with Gasteiger partial charge in [0.1, 0.15) is 5.75 Å². The van der Waals surface area contributed by atoms with Crippen molar-refractivity contribution in [1.29, 1.82) is 0 Å². The molecule has 3 aromatic carbocycles. The van der Waals surface area contributed by atoms with Gasteiger partial charge in [-0.15, -0.1) is 0 Å². The minimum atomic E-state index is -3.70. The molecule has 0 aliphatic rings. The Morgan fingerprint density at radius 3 is 1.89 bits per heavy atom. The van der Waals surface area contributed by atoms with E-state index in [-0.39, 0.29) is 10.6 Å². The Balaban J connectivity index is 1.40. The molecular weight excluding hydrogens is 480 g/mol. The van der Waals surface area contributed by atoms with Crippen LogP contribution in [-0.4, -0.2) is 13.5 Å². The minimum absolute atomic E-state index is 0.0837. The van der Waals surface area contributed by atoms with Crippen LogP contribution in [0.3, 0.4) is 0 Å². The van der Waals surface area contributed by atoms with Gasteiger partial charge in [0, 0.05) is 23.4 Å². The smallest absolute Gasteiger partial charge is 0.261 e. The Hall–Kier alpha value is -3.64. The van der Waals surface area contributed by atoms with Crippen LogP contribution < -0.4 is 9.29 Å². The highest BCUT2D eigenvalue weighted by molar-refractivity contribution is 7.92. The van der Waals surface area contributed by atoms with Gasteiger partial charge in [-0.2, -0.15) is 0 Å². The van der Waals surface area contributed by atoms with Crippen molar-refractivity contribution in [2.45, 2.75) is 56.4 Å². The average Bonchev–Trinajstić information content (AvgIpc) is 2.92. The summed E-state index contributed by atoms with van der Waals surface area (Å²) < 4.78 is 30.0. The Labute approximate surface area is 220 Å². The van der Waals surface area contributed by atoms with E-state index in [2.05, 4.69) is 78.0 Å². The van der Waals surface area contributed by atoms with Gasteiger partial charge in [-0.05, 0) is 78.6 Å². The van der Waals surface area contributed by atoms with Crippen LogP contribution in [0.5, 0.6) is 5.75 Å². The molecule has 1 heterocycles. The van der Waals surface area contributed by atoms with Crippen LogP contribution in [0.25, 0.3) is 0 Å². The summed E-state index contributed by atoms with van der Waals surface area (Å²) in [4.78, 5) is 0.194. The summed E-state index contributed by atoms with van der Waals surface area (Å²) in [6.07, 6.45) is 7.58. The van der Waals surface area contributed by atoms with Gasteiger partial charge in [-0.25, -0.2) is 13.0 Å². The summed E-state index contributed by atoms with van der Waals surface area (Å²) in [5, 5.41) is 9.39. The molecule has 0 aliphatic heterocycles. The molecule has 0 spiro atoms. The first-order valence-electron chi connectivity index (χ1n) is 12.8. The van der Waals surface area contributed by atoms with E-state index in [0.29, 0.717) is 24.1 Å². The van der Waals surface area contributed by atoms with Crippen LogP contribution in [0.4, 0.5) is 5.69 Å². The van der Waals surface area contributed by atoms with E-state index in [9.17, 15) is 13.5 Å². The number of hydrogen-bond acceptors (Lipinski definition) is 3. The lowest BCUT2D eigenvalue weighted by Crippen LogP contribution is -2.33. The van der Waals surface area contributed by atoms with Crippen molar-refractivity contribution in [3.05, 3.63) is 120 Å². The summed E-state index contributed by atoms with van der Waals surface area (Å²) in [6, 6.07) is 28.1. The zero-order valence-corrected chi connectivity index (χ0v) is 22.2. The van der Waals surface area contributed by atoms with Gasteiger partial charge in [0.15, 0.2) is 18.9 Å². The second-order valence-electron chi connectivity index (χ2n) is 9.46. The van der Waals surface area contributed by atoms with E-state index in [4.69, 9.17) is 0 Å². The second kappa shape index (κ2) is 12.1. The maximum absolute atomic E-state index is 12.7. The number of hydrogen-bond donors (Lipinski definition) is 2. The lowest BCUT2D eigenvalue weighted by molar-refractivity contribution is -0.688. The fourth-order valence-electron chi connectivity index (χ4n) is 4.72. The Morgan fingerprint density at radius 2 is 1.32 bits per heavy atom. The zero-order chi connectivity index (χ0) is 26.3. The number of phenols is 1. The molecule has 2 N–H and O–H groups in total. The van der Waals surface area contributed by atoms with E-state index in [1.165, 1.54) is 35.4 Å². The highest BCUT2D eigenvalue weighted by atomic mass is 32.2. The fraction of sp³-hybridized carbons (Fsp3) is 0.258. The van der Waals surface area contributed by atoms with Gasteiger partial charge < -0.3 is 5.11 Å². The molecule has 4 aromatic rings. The van der Waals surface area contributed by atoms with Crippen molar-refractivity contribution in [1.82, 2.24) is 0 Å². The molecule has 0 bridgehead atoms. The van der Waals surface area contributed by atoms with Crippen LogP contribution in [0.2, 0.25) is 0 Å². The highest BCUT2D eigenvalue weighted by Crippen LogP contribution is 2.33. The Kier molecular flexibility index (Phi) is 8.62. The largest absolute Gasteiger partial charge is 0.508 e. The number of anilines is 1. The van der Waals surface area contributed by atoms with Crippen molar-refractivity contribution >= 4 is 15.7 Å². The number of nitrogens with zero attached hydrogens (tertiary/aromatic N) is 1. The van der Waals surface area contributed by atoms with Crippen molar-refractivity contribution < 1.29 is 18.1 Å². The fourth-order valence-corrected chi connectivity index (χ4v) is 5.78. The standard InChI is InChI=1S/C31H34N2O3S/c1-3-25(27-8-6-5-7-9-27)22-26(4-2)28-18-20-33(21-19-28)23-24-10-16-31(17-11-24)37(35,36)32-29-12-14-30(34)15-13-29/h5-21,25-26,32H,3-4,22-23H2,1-2H3/p+1. The van der Waals surface area contributed by atoms with E-state index >= 15 is 0 Å². The van der Waals surface area contributed by atoms with Crippen LogP contribution in [0.15, 0.2) is 108 Å². The van der Waals surface area contributed by atoms with Gasteiger partial charge in [-0.1, -0.05) is 56.3 Å². The predicted octanol–water partition coefficient (Wildman–Crippen LogP) is 6.61. The summed E-state index contributed by atoms with van der Waals surface area (Å²) in [5.41, 5.74) is 4.19. The molecule has 192 valence electrons. The van der Waals surface area contributed by atoms with E-state index in [1.54, 1.807) is 12.1 Å². The van der Waals surface area contributed by atoms with Crippen LogP contribution >= 0.6 is 0 Å². The molecule has 1 aromatic heterocycles. The quantitative estimate of drug-likeness (QED) is 0.174. The SMILES string of the molecule is CCC(CC(CC)c1cc[n+](Cc2ccc(S(=O)(=O)Nc3ccc(O)cc3)cc2)cc1)c1ccccc1. The maximum atomic E-state index is 12.7.